The van der Waals surface area contributed by atoms with Gasteiger partial charge in [-0.3, -0.25) is 9.59 Å². The molecule has 1 saturated carbocycles. The molecule has 1 aliphatic carbocycles. The smallest absolute Gasteiger partial charge is 0.257 e. The summed E-state index contributed by atoms with van der Waals surface area (Å²) in [6, 6.07) is 6.26. The number of sulfonamides is 1. The van der Waals surface area contributed by atoms with Crippen LogP contribution in [0.15, 0.2) is 29.2 Å². The molecule has 2 unspecified atom stereocenters. The van der Waals surface area contributed by atoms with Crippen LogP contribution < -0.4 is 5.32 Å². The monoisotopic (exact) mass is 614 g/mol. The number of anilines is 1. The minimum absolute atomic E-state index is 0.00609. The van der Waals surface area contributed by atoms with Gasteiger partial charge in [0.05, 0.1) is 10.5 Å². The molecule has 2 amide bonds. The zero-order valence-electron chi connectivity index (χ0n) is 26.0. The summed E-state index contributed by atoms with van der Waals surface area (Å²) >= 11 is 1.48. The number of likely N-dealkylation sites (N-methyl/N-ethyl adjacent to an activating group) is 1. The van der Waals surface area contributed by atoms with E-state index in [-0.39, 0.29) is 33.6 Å². The second kappa shape index (κ2) is 11.7. The molecule has 2 aliphatic heterocycles. The van der Waals surface area contributed by atoms with Crippen molar-refractivity contribution in [1.82, 2.24) is 14.1 Å². The van der Waals surface area contributed by atoms with Gasteiger partial charge in [-0.15, -0.1) is 11.3 Å². The number of thiophene rings is 1. The molecular formula is C32H46N4O4S2. The lowest BCUT2D eigenvalue weighted by Crippen LogP contribution is -2.37. The number of nitrogens with one attached hydrogen (secondary N) is 1. The highest BCUT2D eigenvalue weighted by atomic mass is 32.2. The van der Waals surface area contributed by atoms with Gasteiger partial charge in [0.2, 0.25) is 10.0 Å². The third kappa shape index (κ3) is 6.05. The normalized spacial score (nSPS) is 23.9. The van der Waals surface area contributed by atoms with Crippen LogP contribution in [0.2, 0.25) is 0 Å². The Morgan fingerprint density at radius 1 is 1.07 bits per heavy atom. The Hall–Kier alpha value is -2.27. The van der Waals surface area contributed by atoms with Gasteiger partial charge in [-0.25, -0.2) is 8.42 Å². The molecule has 1 saturated heterocycles. The van der Waals surface area contributed by atoms with Gasteiger partial charge in [-0.05, 0) is 86.2 Å². The highest BCUT2D eigenvalue weighted by Gasteiger charge is 2.53. The van der Waals surface area contributed by atoms with Crippen molar-refractivity contribution < 1.29 is 18.0 Å². The molecular weight excluding hydrogens is 569 g/mol. The van der Waals surface area contributed by atoms with E-state index < -0.39 is 10.0 Å². The van der Waals surface area contributed by atoms with Gasteiger partial charge in [0, 0.05) is 49.2 Å². The van der Waals surface area contributed by atoms with Crippen LogP contribution in [0, 0.1) is 10.8 Å². The molecule has 2 aromatic rings. The maximum atomic E-state index is 13.8. The van der Waals surface area contributed by atoms with Crippen molar-refractivity contribution >= 4 is 38.2 Å². The summed E-state index contributed by atoms with van der Waals surface area (Å²) in [5.74, 6) is -0.367. The van der Waals surface area contributed by atoms with E-state index in [0.717, 1.165) is 62.1 Å². The number of rotatable bonds is 9. The fourth-order valence-corrected chi connectivity index (χ4v) is 10.7. The average Bonchev–Trinajstić information content (AvgIpc) is 3.40. The summed E-state index contributed by atoms with van der Waals surface area (Å²) < 4.78 is 29.1. The second-order valence-corrected chi connectivity index (χ2v) is 16.7. The van der Waals surface area contributed by atoms with E-state index in [0.29, 0.717) is 35.8 Å². The van der Waals surface area contributed by atoms with Gasteiger partial charge >= 0.3 is 0 Å². The highest BCUT2D eigenvalue weighted by molar-refractivity contribution is 7.89. The molecule has 2 bridgehead atoms. The summed E-state index contributed by atoms with van der Waals surface area (Å²) in [6.45, 7) is 14.3. The number of hydrogen-bond donors (Lipinski definition) is 1. The van der Waals surface area contributed by atoms with Gasteiger partial charge in [0.25, 0.3) is 11.8 Å². The van der Waals surface area contributed by atoms with E-state index in [4.69, 9.17) is 0 Å². The van der Waals surface area contributed by atoms with Crippen LogP contribution in [0.25, 0.3) is 0 Å². The Balaban J connectivity index is 1.38. The Kier molecular flexibility index (Phi) is 8.66. The summed E-state index contributed by atoms with van der Waals surface area (Å²) in [5.41, 5.74) is 2.14. The zero-order chi connectivity index (χ0) is 30.4. The fraction of sp³-hybridized carbons (Fsp3) is 0.625. The molecule has 0 radical (unpaired) electrons. The number of amides is 2. The Bertz CT molecular complexity index is 1440. The van der Waals surface area contributed by atoms with Crippen molar-refractivity contribution in [2.45, 2.75) is 90.6 Å². The van der Waals surface area contributed by atoms with Crippen molar-refractivity contribution in [2.75, 3.05) is 38.5 Å². The molecule has 3 aliphatic rings. The minimum atomic E-state index is -3.68. The maximum Gasteiger partial charge on any atom is 0.257 e. The number of fused-ring (bicyclic) bond motifs is 3. The van der Waals surface area contributed by atoms with E-state index in [1.807, 2.05) is 4.90 Å². The number of nitrogens with zero attached hydrogens (tertiary/aromatic N) is 3. The van der Waals surface area contributed by atoms with Crippen LogP contribution in [0.5, 0.6) is 0 Å². The van der Waals surface area contributed by atoms with Crippen LogP contribution in [-0.2, 0) is 23.0 Å². The minimum Gasteiger partial charge on any atom is -0.339 e. The molecule has 230 valence electrons. The van der Waals surface area contributed by atoms with Crippen LogP contribution >= 0.6 is 11.3 Å². The third-order valence-electron chi connectivity index (χ3n) is 9.05. The van der Waals surface area contributed by atoms with Gasteiger partial charge < -0.3 is 15.1 Å². The average molecular weight is 615 g/mol. The first-order chi connectivity index (χ1) is 19.8. The van der Waals surface area contributed by atoms with E-state index in [1.54, 1.807) is 28.6 Å². The highest BCUT2D eigenvalue weighted by Crippen LogP contribution is 2.53. The van der Waals surface area contributed by atoms with E-state index in [2.05, 4.69) is 51.9 Å². The molecule has 1 N–H and O–H groups in total. The number of carbonyl (C=O) groups is 2. The quantitative estimate of drug-likeness (QED) is 0.383. The molecule has 5 rings (SSSR count). The van der Waals surface area contributed by atoms with Gasteiger partial charge in [-0.2, -0.15) is 4.31 Å². The lowest BCUT2D eigenvalue weighted by molar-refractivity contribution is 0.0755. The summed E-state index contributed by atoms with van der Waals surface area (Å²) in [7, 11) is -1.62. The fourth-order valence-electron chi connectivity index (χ4n) is 7.64. The van der Waals surface area contributed by atoms with Gasteiger partial charge in [0.1, 0.15) is 5.00 Å². The van der Waals surface area contributed by atoms with Crippen molar-refractivity contribution in [2.24, 2.45) is 10.8 Å². The van der Waals surface area contributed by atoms with Crippen LogP contribution in [0.1, 0.15) is 97.9 Å². The molecule has 2 fully saturated rings. The lowest BCUT2D eigenvalue weighted by Gasteiger charge is -2.39. The molecule has 10 heteroatoms. The first-order valence-corrected chi connectivity index (χ1v) is 17.6. The van der Waals surface area contributed by atoms with Crippen molar-refractivity contribution in [3.8, 4) is 0 Å². The Morgan fingerprint density at radius 2 is 1.74 bits per heavy atom. The van der Waals surface area contributed by atoms with Crippen molar-refractivity contribution in [3.05, 3.63) is 45.8 Å². The first-order valence-electron chi connectivity index (χ1n) is 15.3. The van der Waals surface area contributed by atoms with Gasteiger partial charge in [-0.1, -0.05) is 34.6 Å². The third-order valence-corrected chi connectivity index (χ3v) is 12.1. The standard InChI is InChI=1S/C32H46N4O4S2/c1-7-14-35(15-8-2)30(38)27-25-13-16-34(6)19-26(25)41-29(27)33-28(37)22-9-11-24(12-10-22)42(39,40)36-21-32(5)18-23(36)17-31(3,4)20-32/h9-12,23H,7-8,13-21H2,1-6H3,(H,33,37). The predicted octanol–water partition coefficient (Wildman–Crippen LogP) is 5.84. The largest absolute Gasteiger partial charge is 0.339 e. The first kappa shape index (κ1) is 31.2. The summed E-state index contributed by atoms with van der Waals surface area (Å²) in [5, 5.41) is 3.61. The van der Waals surface area contributed by atoms with E-state index in [9.17, 15) is 18.0 Å². The molecule has 3 heterocycles. The second-order valence-electron chi connectivity index (χ2n) is 13.7. The molecule has 2 atom stereocenters. The molecule has 42 heavy (non-hydrogen) atoms. The Labute approximate surface area is 255 Å². The molecule has 8 nitrogen and oxygen atoms in total. The number of carbonyl (C=O) groups excluding carboxylic acids is 2. The summed E-state index contributed by atoms with van der Waals surface area (Å²) in [6.07, 6.45) is 5.28. The Morgan fingerprint density at radius 3 is 2.38 bits per heavy atom. The molecule has 1 aromatic carbocycles. The van der Waals surface area contributed by atoms with Crippen LogP contribution in [0.3, 0.4) is 0 Å². The number of hydrogen-bond acceptors (Lipinski definition) is 6. The lowest BCUT2D eigenvalue weighted by atomic mass is 9.65. The topological polar surface area (TPSA) is 90.0 Å². The van der Waals surface area contributed by atoms with Crippen LogP contribution in [0.4, 0.5) is 5.00 Å². The SMILES string of the molecule is CCCN(CCC)C(=O)c1c(NC(=O)c2ccc(S(=O)(=O)N3CC4(C)CC3CC(C)(C)C4)cc2)sc2c1CCN(C)C2. The van der Waals surface area contributed by atoms with Crippen LogP contribution in [-0.4, -0.2) is 73.6 Å². The van der Waals surface area contributed by atoms with E-state index in [1.165, 1.54) is 11.3 Å². The maximum absolute atomic E-state index is 13.8. The van der Waals surface area contributed by atoms with E-state index >= 15 is 0 Å². The molecule has 1 aromatic heterocycles. The van der Waals surface area contributed by atoms with Gasteiger partial charge in [0.15, 0.2) is 0 Å². The number of benzene rings is 1. The summed E-state index contributed by atoms with van der Waals surface area (Å²) in [4.78, 5) is 32.7. The molecule has 0 spiro atoms. The zero-order valence-corrected chi connectivity index (χ0v) is 27.6. The predicted molar refractivity (Wildman–Crippen MR) is 169 cm³/mol. The van der Waals surface area contributed by atoms with Crippen molar-refractivity contribution in [3.63, 3.8) is 0 Å². The van der Waals surface area contributed by atoms with Crippen molar-refractivity contribution in [1.29, 1.82) is 0 Å².